The van der Waals surface area contributed by atoms with Crippen molar-refractivity contribution in [1.82, 2.24) is 0 Å². The fraction of sp³-hybridized carbons (Fsp3) is 0.429. The lowest BCUT2D eigenvalue weighted by atomic mass is 9.96. The summed E-state index contributed by atoms with van der Waals surface area (Å²) in [6.45, 7) is 0.211. The van der Waals surface area contributed by atoms with E-state index in [0.29, 0.717) is 12.8 Å². The van der Waals surface area contributed by atoms with E-state index in [1.807, 2.05) is 30.3 Å². The van der Waals surface area contributed by atoms with Gasteiger partial charge in [-0.25, -0.2) is 0 Å². The van der Waals surface area contributed by atoms with Crippen LogP contribution in [-0.2, 0) is 20.9 Å². The molecular weight excluding hydrogens is 232 g/mol. The molecule has 1 fully saturated rings. The predicted octanol–water partition coefficient (Wildman–Crippen LogP) is 2.23. The minimum Gasteiger partial charge on any atom is -0.481 e. The van der Waals surface area contributed by atoms with Crippen LogP contribution in [0.25, 0.3) is 0 Å². The molecular formula is C14H16O4. The number of rotatable bonds is 4. The lowest BCUT2D eigenvalue weighted by molar-refractivity contribution is -0.157. The van der Waals surface area contributed by atoms with Gasteiger partial charge in [0.25, 0.3) is 0 Å². The minimum absolute atomic E-state index is 0.211. The van der Waals surface area contributed by atoms with Crippen LogP contribution in [0.15, 0.2) is 30.3 Å². The highest BCUT2D eigenvalue weighted by Gasteiger charge is 2.38. The van der Waals surface area contributed by atoms with Gasteiger partial charge < -0.3 is 9.84 Å². The monoisotopic (exact) mass is 248 g/mol. The summed E-state index contributed by atoms with van der Waals surface area (Å²) in [5.74, 6) is -2.34. The van der Waals surface area contributed by atoms with Crippen LogP contribution < -0.4 is 0 Å². The standard InChI is InChI=1S/C14H16O4/c15-13(16)11-7-4-8-12(11)14(17)18-9-10-5-2-1-3-6-10/h1-3,5-6,11-12H,4,7-9H2,(H,15,16)/t11-,12+/m1/s1. The molecule has 4 heteroatoms. The number of esters is 1. The molecule has 1 aliphatic rings. The number of carbonyl (C=O) groups excluding carboxylic acids is 1. The third-order valence-corrected chi connectivity index (χ3v) is 3.36. The highest BCUT2D eigenvalue weighted by Crippen LogP contribution is 2.33. The van der Waals surface area contributed by atoms with Crippen molar-refractivity contribution in [3.8, 4) is 0 Å². The summed E-state index contributed by atoms with van der Waals surface area (Å²) in [4.78, 5) is 22.8. The molecule has 1 N–H and O–H groups in total. The Balaban J connectivity index is 1.90. The Morgan fingerprint density at radius 1 is 1.17 bits per heavy atom. The zero-order valence-electron chi connectivity index (χ0n) is 10.0. The Kier molecular flexibility index (Phi) is 3.97. The summed E-state index contributed by atoms with van der Waals surface area (Å²) in [7, 11) is 0. The molecule has 1 saturated carbocycles. The number of carbonyl (C=O) groups is 2. The van der Waals surface area contributed by atoms with E-state index in [0.717, 1.165) is 12.0 Å². The number of carboxylic acids is 1. The fourth-order valence-corrected chi connectivity index (χ4v) is 2.37. The third kappa shape index (κ3) is 2.88. The molecule has 96 valence electrons. The number of hydrogen-bond donors (Lipinski definition) is 1. The Morgan fingerprint density at radius 3 is 2.50 bits per heavy atom. The van der Waals surface area contributed by atoms with E-state index in [2.05, 4.69) is 0 Å². The van der Waals surface area contributed by atoms with Crippen LogP contribution in [0.1, 0.15) is 24.8 Å². The third-order valence-electron chi connectivity index (χ3n) is 3.36. The van der Waals surface area contributed by atoms with Crippen LogP contribution in [0, 0.1) is 11.8 Å². The second kappa shape index (κ2) is 5.67. The molecule has 0 bridgehead atoms. The molecule has 0 saturated heterocycles. The van der Waals surface area contributed by atoms with Crippen molar-refractivity contribution in [2.75, 3.05) is 0 Å². The van der Waals surface area contributed by atoms with Crippen molar-refractivity contribution >= 4 is 11.9 Å². The van der Waals surface area contributed by atoms with Crippen LogP contribution >= 0.6 is 0 Å². The Morgan fingerprint density at radius 2 is 1.83 bits per heavy atom. The molecule has 4 nitrogen and oxygen atoms in total. The molecule has 0 spiro atoms. The van der Waals surface area contributed by atoms with E-state index in [1.54, 1.807) is 0 Å². The number of benzene rings is 1. The number of carboxylic acid groups (broad SMARTS) is 1. The van der Waals surface area contributed by atoms with Crippen molar-refractivity contribution < 1.29 is 19.4 Å². The molecule has 0 aromatic heterocycles. The van der Waals surface area contributed by atoms with E-state index in [9.17, 15) is 9.59 Å². The summed E-state index contributed by atoms with van der Waals surface area (Å²) in [6, 6.07) is 9.38. The van der Waals surface area contributed by atoms with Gasteiger partial charge in [-0.15, -0.1) is 0 Å². The molecule has 2 rings (SSSR count). The molecule has 1 aromatic carbocycles. The van der Waals surface area contributed by atoms with Gasteiger partial charge in [0.05, 0.1) is 11.8 Å². The normalized spacial score (nSPS) is 22.7. The molecule has 0 unspecified atom stereocenters. The van der Waals surface area contributed by atoms with E-state index < -0.39 is 17.8 Å². The average molecular weight is 248 g/mol. The van der Waals surface area contributed by atoms with Gasteiger partial charge in [0.15, 0.2) is 0 Å². The summed E-state index contributed by atoms with van der Waals surface area (Å²) in [5, 5.41) is 9.01. The molecule has 18 heavy (non-hydrogen) atoms. The van der Waals surface area contributed by atoms with Gasteiger partial charge in [-0.05, 0) is 18.4 Å². The van der Waals surface area contributed by atoms with Crippen molar-refractivity contribution in [1.29, 1.82) is 0 Å². The Labute approximate surface area is 106 Å². The van der Waals surface area contributed by atoms with E-state index in [4.69, 9.17) is 9.84 Å². The van der Waals surface area contributed by atoms with Gasteiger partial charge in [-0.2, -0.15) is 0 Å². The number of aliphatic carboxylic acids is 1. The van der Waals surface area contributed by atoms with Crippen LogP contribution in [-0.4, -0.2) is 17.0 Å². The summed E-state index contributed by atoms with van der Waals surface area (Å²) < 4.78 is 5.19. The van der Waals surface area contributed by atoms with Crippen LogP contribution in [0.3, 0.4) is 0 Å². The topological polar surface area (TPSA) is 63.6 Å². The molecule has 2 atom stereocenters. The maximum atomic E-state index is 11.8. The maximum absolute atomic E-state index is 11.8. The van der Waals surface area contributed by atoms with Crippen LogP contribution in [0.4, 0.5) is 0 Å². The zero-order valence-corrected chi connectivity index (χ0v) is 10.0. The SMILES string of the molecule is O=C(OCc1ccccc1)[C@H]1CCC[C@H]1C(=O)O. The van der Waals surface area contributed by atoms with Gasteiger partial charge in [-0.1, -0.05) is 36.8 Å². The highest BCUT2D eigenvalue weighted by molar-refractivity contribution is 5.81. The number of hydrogen-bond acceptors (Lipinski definition) is 3. The Bertz CT molecular complexity index is 427. The minimum atomic E-state index is -0.894. The van der Waals surface area contributed by atoms with E-state index in [1.165, 1.54) is 0 Å². The van der Waals surface area contributed by atoms with Gasteiger partial charge >= 0.3 is 11.9 Å². The lowest BCUT2D eigenvalue weighted by Gasteiger charge is -2.14. The van der Waals surface area contributed by atoms with Gasteiger partial charge in [0.2, 0.25) is 0 Å². The molecule has 0 radical (unpaired) electrons. The first-order valence-electron chi connectivity index (χ1n) is 6.12. The molecule has 0 heterocycles. The van der Waals surface area contributed by atoms with Gasteiger partial charge in [0, 0.05) is 0 Å². The second-order valence-corrected chi connectivity index (χ2v) is 4.58. The largest absolute Gasteiger partial charge is 0.481 e. The first-order chi connectivity index (χ1) is 8.68. The summed E-state index contributed by atoms with van der Waals surface area (Å²) in [5.41, 5.74) is 0.913. The molecule has 0 aliphatic heterocycles. The second-order valence-electron chi connectivity index (χ2n) is 4.58. The zero-order chi connectivity index (χ0) is 13.0. The first-order valence-corrected chi connectivity index (χ1v) is 6.12. The maximum Gasteiger partial charge on any atom is 0.310 e. The predicted molar refractivity (Wildman–Crippen MR) is 64.7 cm³/mol. The van der Waals surface area contributed by atoms with Crippen LogP contribution in [0.5, 0.6) is 0 Å². The highest BCUT2D eigenvalue weighted by atomic mass is 16.5. The van der Waals surface area contributed by atoms with Gasteiger partial charge in [-0.3, -0.25) is 9.59 Å². The molecule has 0 amide bonds. The molecule has 1 aliphatic carbocycles. The fourth-order valence-electron chi connectivity index (χ4n) is 2.37. The van der Waals surface area contributed by atoms with E-state index >= 15 is 0 Å². The average Bonchev–Trinajstić information content (AvgIpc) is 2.86. The van der Waals surface area contributed by atoms with Crippen molar-refractivity contribution in [2.24, 2.45) is 11.8 Å². The number of ether oxygens (including phenoxy) is 1. The summed E-state index contributed by atoms with van der Waals surface area (Å²) in [6.07, 6.45) is 1.97. The van der Waals surface area contributed by atoms with Crippen LogP contribution in [0.2, 0.25) is 0 Å². The molecule has 1 aromatic rings. The van der Waals surface area contributed by atoms with Crippen molar-refractivity contribution in [3.63, 3.8) is 0 Å². The van der Waals surface area contributed by atoms with Crippen molar-refractivity contribution in [2.45, 2.75) is 25.9 Å². The van der Waals surface area contributed by atoms with Gasteiger partial charge in [0.1, 0.15) is 6.61 Å². The first kappa shape index (κ1) is 12.6. The van der Waals surface area contributed by atoms with Crippen molar-refractivity contribution in [3.05, 3.63) is 35.9 Å². The quantitative estimate of drug-likeness (QED) is 0.830. The smallest absolute Gasteiger partial charge is 0.310 e. The lowest BCUT2D eigenvalue weighted by Crippen LogP contribution is -2.26. The summed E-state index contributed by atoms with van der Waals surface area (Å²) >= 11 is 0. The Hall–Kier alpha value is -1.84. The van der Waals surface area contributed by atoms with E-state index in [-0.39, 0.29) is 12.6 Å².